The van der Waals surface area contributed by atoms with Gasteiger partial charge < -0.3 is 4.90 Å². The Balaban J connectivity index is 1.18. The van der Waals surface area contributed by atoms with Gasteiger partial charge in [0.2, 0.25) is 0 Å². The van der Waals surface area contributed by atoms with E-state index in [1.165, 1.54) is 22.3 Å². The van der Waals surface area contributed by atoms with E-state index in [-0.39, 0.29) is 5.78 Å². The minimum atomic E-state index is 0.0962. The second-order valence-corrected chi connectivity index (χ2v) is 11.3. The maximum absolute atomic E-state index is 13.5. The lowest BCUT2D eigenvalue weighted by atomic mass is 9.95. The number of hydrogen-bond donors (Lipinski definition) is 0. The van der Waals surface area contributed by atoms with Crippen molar-refractivity contribution in [3.05, 3.63) is 187 Å². The average molecular weight is 576 g/mol. The molecule has 2 nitrogen and oxygen atoms in total. The van der Waals surface area contributed by atoms with Crippen LogP contribution in [0.5, 0.6) is 0 Å². The SMILES string of the molecule is O=C1c2ccccc2-c2cccc(-c3ccc(N(c4ccc(-c5ccccc5)cc4)c4ccc(-c5ccccc5)cc4)cc3)c21. The second kappa shape index (κ2) is 11.3. The minimum Gasteiger partial charge on any atom is -0.311 e. The third-order valence-electron chi connectivity index (χ3n) is 8.66. The van der Waals surface area contributed by atoms with Gasteiger partial charge in [-0.15, -0.1) is 0 Å². The smallest absolute Gasteiger partial charge is 0.194 e. The maximum atomic E-state index is 13.5. The maximum Gasteiger partial charge on any atom is 0.194 e. The molecule has 0 spiro atoms. The van der Waals surface area contributed by atoms with Crippen molar-refractivity contribution in [1.29, 1.82) is 0 Å². The Kier molecular flexibility index (Phi) is 6.66. The molecule has 0 fully saturated rings. The Hall–Kier alpha value is -5.99. The summed E-state index contributed by atoms with van der Waals surface area (Å²) in [7, 11) is 0. The summed E-state index contributed by atoms with van der Waals surface area (Å²) in [4.78, 5) is 15.8. The third-order valence-corrected chi connectivity index (χ3v) is 8.66. The van der Waals surface area contributed by atoms with E-state index in [9.17, 15) is 4.79 Å². The molecule has 7 aromatic rings. The van der Waals surface area contributed by atoms with Crippen LogP contribution < -0.4 is 4.90 Å². The molecule has 0 N–H and O–H groups in total. The number of rotatable bonds is 6. The largest absolute Gasteiger partial charge is 0.311 e. The van der Waals surface area contributed by atoms with E-state index in [2.05, 4.69) is 138 Å². The first-order valence-corrected chi connectivity index (χ1v) is 15.2. The Morgan fingerprint density at radius 3 is 1.18 bits per heavy atom. The molecular weight excluding hydrogens is 546 g/mol. The summed E-state index contributed by atoms with van der Waals surface area (Å²) < 4.78 is 0. The fourth-order valence-corrected chi connectivity index (χ4v) is 6.42. The predicted octanol–water partition coefficient (Wildman–Crippen LogP) is 11.4. The van der Waals surface area contributed by atoms with Crippen LogP contribution in [0, 0.1) is 0 Å². The van der Waals surface area contributed by atoms with Crippen LogP contribution in [0.25, 0.3) is 44.5 Å². The van der Waals surface area contributed by atoms with E-state index in [0.29, 0.717) is 0 Å². The zero-order valence-corrected chi connectivity index (χ0v) is 24.6. The van der Waals surface area contributed by atoms with Crippen molar-refractivity contribution < 1.29 is 4.79 Å². The van der Waals surface area contributed by atoms with Crippen LogP contribution in [0.3, 0.4) is 0 Å². The van der Waals surface area contributed by atoms with E-state index >= 15 is 0 Å². The standard InChI is InChI=1S/C43H29NO/c45-43-41-15-8-7-14-39(41)40-17-9-16-38(42(40)43)34-22-28-37(29-23-34)44(35-24-18-32(19-25-35)30-10-3-1-4-11-30)36-26-20-33(21-27-36)31-12-5-2-6-13-31/h1-29H. The molecule has 8 rings (SSSR count). The van der Waals surface area contributed by atoms with Crippen molar-refractivity contribution in [2.75, 3.05) is 4.90 Å². The number of hydrogen-bond acceptors (Lipinski definition) is 2. The zero-order valence-electron chi connectivity index (χ0n) is 24.6. The highest BCUT2D eigenvalue weighted by Gasteiger charge is 2.29. The molecule has 0 bridgehead atoms. The van der Waals surface area contributed by atoms with Crippen LogP contribution in [0.15, 0.2) is 176 Å². The number of carbonyl (C=O) groups excluding carboxylic acids is 1. The van der Waals surface area contributed by atoms with Gasteiger partial charge in [0.05, 0.1) is 0 Å². The average Bonchev–Trinajstić information content (AvgIpc) is 3.42. The highest BCUT2D eigenvalue weighted by molar-refractivity contribution is 6.24. The lowest BCUT2D eigenvalue weighted by molar-refractivity contribution is 0.104. The van der Waals surface area contributed by atoms with Gasteiger partial charge in [-0.25, -0.2) is 0 Å². The van der Waals surface area contributed by atoms with E-state index in [4.69, 9.17) is 0 Å². The number of nitrogens with zero attached hydrogens (tertiary/aromatic N) is 1. The van der Waals surface area contributed by atoms with E-state index in [1.54, 1.807) is 0 Å². The molecule has 0 heterocycles. The van der Waals surface area contributed by atoms with Crippen LogP contribution in [0.1, 0.15) is 15.9 Å². The number of ketones is 1. The summed E-state index contributed by atoms with van der Waals surface area (Å²) in [6.07, 6.45) is 0. The van der Waals surface area contributed by atoms with Crippen molar-refractivity contribution in [3.8, 4) is 44.5 Å². The van der Waals surface area contributed by atoms with Gasteiger partial charge in [-0.1, -0.05) is 140 Å². The molecule has 1 aliphatic rings. The number of carbonyl (C=O) groups is 1. The quantitative estimate of drug-likeness (QED) is 0.197. The second-order valence-electron chi connectivity index (χ2n) is 11.3. The fourth-order valence-electron chi connectivity index (χ4n) is 6.42. The molecule has 0 aliphatic heterocycles. The van der Waals surface area contributed by atoms with Gasteiger partial charge in [-0.3, -0.25) is 4.79 Å². The van der Waals surface area contributed by atoms with Crippen molar-refractivity contribution >= 4 is 22.8 Å². The predicted molar refractivity (Wildman–Crippen MR) is 186 cm³/mol. The molecule has 0 atom stereocenters. The summed E-state index contributed by atoms with van der Waals surface area (Å²) in [5, 5.41) is 0. The third kappa shape index (κ3) is 4.83. The number of benzene rings is 7. The molecule has 0 saturated heterocycles. The lowest BCUT2D eigenvalue weighted by Crippen LogP contribution is -2.09. The topological polar surface area (TPSA) is 20.3 Å². The summed E-state index contributed by atoms with van der Waals surface area (Å²) in [6, 6.07) is 61.0. The van der Waals surface area contributed by atoms with Gasteiger partial charge in [0.1, 0.15) is 0 Å². The summed E-state index contributed by atoms with van der Waals surface area (Å²) in [5.74, 6) is 0.0962. The van der Waals surface area contributed by atoms with Gasteiger partial charge in [0, 0.05) is 28.2 Å². The highest BCUT2D eigenvalue weighted by Crippen LogP contribution is 2.43. The van der Waals surface area contributed by atoms with Gasteiger partial charge >= 0.3 is 0 Å². The van der Waals surface area contributed by atoms with Crippen LogP contribution >= 0.6 is 0 Å². The van der Waals surface area contributed by atoms with Crippen molar-refractivity contribution in [1.82, 2.24) is 0 Å². The first kappa shape index (κ1) is 26.6. The van der Waals surface area contributed by atoms with Gasteiger partial charge in [-0.05, 0) is 80.9 Å². The molecular formula is C43H29NO. The molecule has 0 unspecified atom stereocenters. The van der Waals surface area contributed by atoms with Crippen LogP contribution in [-0.2, 0) is 0 Å². The summed E-state index contributed by atoms with van der Waals surface area (Å²) in [5.41, 5.74) is 13.5. The Bertz CT molecular complexity index is 2050. The zero-order chi connectivity index (χ0) is 30.2. The number of anilines is 3. The van der Waals surface area contributed by atoms with Crippen molar-refractivity contribution in [3.63, 3.8) is 0 Å². The Morgan fingerprint density at radius 2 is 0.667 bits per heavy atom. The van der Waals surface area contributed by atoms with Crippen molar-refractivity contribution in [2.24, 2.45) is 0 Å². The summed E-state index contributed by atoms with van der Waals surface area (Å²) in [6.45, 7) is 0. The van der Waals surface area contributed by atoms with Gasteiger partial charge in [0.15, 0.2) is 5.78 Å². The molecule has 0 amide bonds. The lowest BCUT2D eigenvalue weighted by Gasteiger charge is -2.26. The fraction of sp³-hybridized carbons (Fsp3) is 0. The molecule has 45 heavy (non-hydrogen) atoms. The number of fused-ring (bicyclic) bond motifs is 3. The molecule has 0 saturated carbocycles. The van der Waals surface area contributed by atoms with Crippen LogP contribution in [0.2, 0.25) is 0 Å². The first-order valence-electron chi connectivity index (χ1n) is 15.2. The molecule has 7 aromatic carbocycles. The Morgan fingerprint density at radius 1 is 0.289 bits per heavy atom. The molecule has 212 valence electrons. The minimum absolute atomic E-state index is 0.0962. The van der Waals surface area contributed by atoms with E-state index < -0.39 is 0 Å². The van der Waals surface area contributed by atoms with Crippen LogP contribution in [0.4, 0.5) is 17.1 Å². The molecule has 0 aromatic heterocycles. The molecule has 0 radical (unpaired) electrons. The Labute approximate surface area is 263 Å². The van der Waals surface area contributed by atoms with Gasteiger partial charge in [-0.2, -0.15) is 0 Å². The van der Waals surface area contributed by atoms with Crippen LogP contribution in [-0.4, -0.2) is 5.78 Å². The molecule has 1 aliphatic carbocycles. The summed E-state index contributed by atoms with van der Waals surface area (Å²) >= 11 is 0. The molecule has 2 heteroatoms. The highest BCUT2D eigenvalue weighted by atomic mass is 16.1. The first-order chi connectivity index (χ1) is 22.2. The normalized spacial score (nSPS) is 11.6. The monoisotopic (exact) mass is 575 g/mol. The van der Waals surface area contributed by atoms with Gasteiger partial charge in [0.25, 0.3) is 0 Å². The van der Waals surface area contributed by atoms with Crippen molar-refractivity contribution in [2.45, 2.75) is 0 Å². The van der Waals surface area contributed by atoms with E-state index in [1.807, 2.05) is 42.5 Å². The van der Waals surface area contributed by atoms with E-state index in [0.717, 1.165) is 50.4 Å².